The molecule has 2 unspecified atom stereocenters. The third kappa shape index (κ3) is 2.90. The van der Waals surface area contributed by atoms with Gasteiger partial charge in [0.2, 0.25) is 13.7 Å². The molecule has 0 bridgehead atoms. The first-order chi connectivity index (χ1) is 5.18. The molecule has 0 aliphatic carbocycles. The highest BCUT2D eigenvalue weighted by molar-refractivity contribution is 6.55. The minimum absolute atomic E-state index is 0.131. The Balaban J connectivity index is 2.13. The SMILES string of the molecule is [B]C(=O)OCC1CCC(O)O1. The fourth-order valence-corrected chi connectivity index (χ4v) is 0.984. The molecule has 0 amide bonds. The molecule has 1 saturated heterocycles. The summed E-state index contributed by atoms with van der Waals surface area (Å²) in [4.78, 5) is 10.1. The smallest absolute Gasteiger partial charge is 0.235 e. The van der Waals surface area contributed by atoms with Crippen LogP contribution in [-0.2, 0) is 9.47 Å². The van der Waals surface area contributed by atoms with Crippen LogP contribution in [0.4, 0.5) is 4.79 Å². The van der Waals surface area contributed by atoms with Crippen molar-refractivity contribution < 1.29 is 19.4 Å². The fourth-order valence-electron chi connectivity index (χ4n) is 0.984. The zero-order chi connectivity index (χ0) is 8.27. The van der Waals surface area contributed by atoms with Gasteiger partial charge in [-0.25, -0.2) is 0 Å². The van der Waals surface area contributed by atoms with E-state index in [0.29, 0.717) is 12.8 Å². The van der Waals surface area contributed by atoms with Crippen molar-refractivity contribution in [3.05, 3.63) is 0 Å². The lowest BCUT2D eigenvalue weighted by Gasteiger charge is -2.09. The molecule has 11 heavy (non-hydrogen) atoms. The van der Waals surface area contributed by atoms with Crippen LogP contribution >= 0.6 is 0 Å². The Hall–Kier alpha value is -0.545. The first-order valence-corrected chi connectivity index (χ1v) is 3.44. The van der Waals surface area contributed by atoms with Crippen molar-refractivity contribution in [2.75, 3.05) is 6.61 Å². The van der Waals surface area contributed by atoms with Crippen molar-refractivity contribution in [1.29, 1.82) is 0 Å². The van der Waals surface area contributed by atoms with Crippen molar-refractivity contribution in [2.24, 2.45) is 0 Å². The first-order valence-electron chi connectivity index (χ1n) is 3.44. The zero-order valence-corrected chi connectivity index (χ0v) is 6.03. The summed E-state index contributed by atoms with van der Waals surface area (Å²) in [5, 5.41) is 8.87. The Morgan fingerprint density at radius 2 is 2.45 bits per heavy atom. The topological polar surface area (TPSA) is 55.8 Å². The maximum atomic E-state index is 10.1. The van der Waals surface area contributed by atoms with Gasteiger partial charge in [0.1, 0.15) is 6.61 Å². The number of hydrogen-bond acceptors (Lipinski definition) is 4. The third-order valence-corrected chi connectivity index (χ3v) is 1.50. The summed E-state index contributed by atoms with van der Waals surface area (Å²) in [6.07, 6.45) is 0.385. The van der Waals surface area contributed by atoms with Crippen LogP contribution in [0.1, 0.15) is 12.8 Å². The predicted octanol–water partition coefficient (Wildman–Crippen LogP) is -0.211. The number of carbonyl (C=O) groups is 1. The fraction of sp³-hybridized carbons (Fsp3) is 0.833. The van der Waals surface area contributed by atoms with Gasteiger partial charge in [-0.2, -0.15) is 0 Å². The van der Waals surface area contributed by atoms with Crippen LogP contribution in [0.3, 0.4) is 0 Å². The van der Waals surface area contributed by atoms with Gasteiger partial charge in [-0.3, -0.25) is 4.79 Å². The average Bonchev–Trinajstić information content (AvgIpc) is 2.31. The highest BCUT2D eigenvalue weighted by atomic mass is 16.6. The van der Waals surface area contributed by atoms with Crippen LogP contribution in [0.15, 0.2) is 0 Å². The molecule has 0 aromatic rings. The van der Waals surface area contributed by atoms with E-state index in [0.717, 1.165) is 0 Å². The van der Waals surface area contributed by atoms with Crippen molar-refractivity contribution in [3.8, 4) is 0 Å². The molecule has 2 atom stereocenters. The Bertz CT molecular complexity index is 150. The van der Waals surface area contributed by atoms with E-state index in [2.05, 4.69) is 4.74 Å². The zero-order valence-electron chi connectivity index (χ0n) is 6.03. The van der Waals surface area contributed by atoms with Crippen LogP contribution in [0.2, 0.25) is 0 Å². The second-order valence-electron chi connectivity index (χ2n) is 2.42. The van der Waals surface area contributed by atoms with Gasteiger partial charge < -0.3 is 14.6 Å². The van der Waals surface area contributed by atoms with Crippen LogP contribution < -0.4 is 0 Å². The predicted molar refractivity (Wildman–Crippen MR) is 37.2 cm³/mol. The van der Waals surface area contributed by atoms with E-state index in [-0.39, 0.29) is 12.7 Å². The number of ether oxygens (including phenoxy) is 2. The van der Waals surface area contributed by atoms with E-state index >= 15 is 0 Å². The van der Waals surface area contributed by atoms with Crippen molar-refractivity contribution >= 4 is 13.7 Å². The second-order valence-corrected chi connectivity index (χ2v) is 2.42. The quantitative estimate of drug-likeness (QED) is 0.562. The van der Waals surface area contributed by atoms with Gasteiger partial charge in [0.15, 0.2) is 6.29 Å². The summed E-state index contributed by atoms with van der Waals surface area (Å²) in [5.41, 5.74) is 0. The molecule has 0 saturated carbocycles. The van der Waals surface area contributed by atoms with Crippen LogP contribution in [0, 0.1) is 0 Å². The number of hydrogen-bond donors (Lipinski definition) is 1. The maximum absolute atomic E-state index is 10.1. The number of rotatable bonds is 2. The molecular weight excluding hydrogens is 147 g/mol. The molecule has 0 spiro atoms. The monoisotopic (exact) mass is 156 g/mol. The van der Waals surface area contributed by atoms with Crippen LogP contribution in [-0.4, -0.2) is 37.8 Å². The number of carbonyl (C=O) groups excluding carboxylic acids is 1. The summed E-state index contributed by atoms with van der Waals surface area (Å²) < 4.78 is 9.41. The van der Waals surface area contributed by atoms with E-state index in [9.17, 15) is 4.79 Å². The Labute approximate surface area is 65.9 Å². The van der Waals surface area contributed by atoms with Crippen molar-refractivity contribution in [1.82, 2.24) is 0 Å². The standard InChI is InChI=1S/C6H9BO4/c7-6(9)10-3-4-1-2-5(8)11-4/h4-5,8H,1-3H2. The molecule has 4 nitrogen and oxygen atoms in total. The number of aliphatic hydroxyl groups is 1. The number of aliphatic hydroxyl groups excluding tert-OH is 1. The van der Waals surface area contributed by atoms with Gasteiger partial charge in [-0.05, 0) is 6.42 Å². The van der Waals surface area contributed by atoms with Crippen molar-refractivity contribution in [3.63, 3.8) is 0 Å². The van der Waals surface area contributed by atoms with Gasteiger partial charge in [-0.1, -0.05) is 0 Å². The van der Waals surface area contributed by atoms with Crippen molar-refractivity contribution in [2.45, 2.75) is 25.2 Å². The lowest BCUT2D eigenvalue weighted by atomic mass is 10.2. The minimum Gasteiger partial charge on any atom is -0.472 e. The van der Waals surface area contributed by atoms with Crippen LogP contribution in [0.25, 0.3) is 0 Å². The summed E-state index contributed by atoms with van der Waals surface area (Å²) >= 11 is 0. The van der Waals surface area contributed by atoms with Gasteiger partial charge in [-0.15, -0.1) is 0 Å². The summed E-state index contributed by atoms with van der Waals surface area (Å²) in [6.45, 7) is 0.131. The molecule has 1 fully saturated rings. The summed E-state index contributed by atoms with van der Waals surface area (Å²) in [5.74, 6) is -0.810. The molecule has 1 heterocycles. The molecule has 0 aromatic heterocycles. The highest BCUT2D eigenvalue weighted by Gasteiger charge is 2.23. The molecular formula is C6H9BO4. The molecule has 1 aliphatic rings. The second kappa shape index (κ2) is 3.73. The van der Waals surface area contributed by atoms with E-state index in [1.165, 1.54) is 0 Å². The Kier molecular flexibility index (Phi) is 2.90. The molecule has 1 aliphatic heterocycles. The Morgan fingerprint density at radius 1 is 1.73 bits per heavy atom. The summed E-state index contributed by atoms with van der Waals surface area (Å²) in [7, 11) is 4.73. The maximum Gasteiger partial charge on any atom is 0.235 e. The third-order valence-electron chi connectivity index (χ3n) is 1.50. The minimum atomic E-state index is -0.810. The first kappa shape index (κ1) is 8.55. The largest absolute Gasteiger partial charge is 0.472 e. The molecule has 2 radical (unpaired) electrons. The Morgan fingerprint density at radius 3 is 2.91 bits per heavy atom. The molecule has 5 heteroatoms. The van der Waals surface area contributed by atoms with Gasteiger partial charge in [0.25, 0.3) is 0 Å². The van der Waals surface area contributed by atoms with E-state index in [1.807, 2.05) is 0 Å². The molecule has 1 rings (SSSR count). The molecule has 60 valence electrons. The van der Waals surface area contributed by atoms with E-state index < -0.39 is 12.2 Å². The molecule has 0 aromatic carbocycles. The lowest BCUT2D eigenvalue weighted by molar-refractivity contribution is -0.101. The normalized spacial score (nSPS) is 30.3. The average molecular weight is 156 g/mol. The van der Waals surface area contributed by atoms with Crippen LogP contribution in [0.5, 0.6) is 0 Å². The van der Waals surface area contributed by atoms with E-state index in [1.54, 1.807) is 0 Å². The van der Waals surface area contributed by atoms with Gasteiger partial charge in [0, 0.05) is 6.42 Å². The van der Waals surface area contributed by atoms with E-state index in [4.69, 9.17) is 17.7 Å². The summed E-state index contributed by atoms with van der Waals surface area (Å²) in [6, 6.07) is 0. The lowest BCUT2D eigenvalue weighted by Crippen LogP contribution is -2.18. The van der Waals surface area contributed by atoms with Gasteiger partial charge >= 0.3 is 0 Å². The van der Waals surface area contributed by atoms with Gasteiger partial charge in [0.05, 0.1) is 6.10 Å². The highest BCUT2D eigenvalue weighted by Crippen LogP contribution is 2.17. The molecule has 1 N–H and O–H groups in total.